The van der Waals surface area contributed by atoms with Gasteiger partial charge >= 0.3 is 0 Å². The van der Waals surface area contributed by atoms with Crippen LogP contribution in [-0.2, 0) is 0 Å². The molecule has 1 N–H and O–H groups in total. The van der Waals surface area contributed by atoms with Crippen LogP contribution < -0.4 is 0 Å². The molecule has 0 radical (unpaired) electrons. The van der Waals surface area contributed by atoms with E-state index in [0.29, 0.717) is 10.3 Å². The molecule has 0 amide bonds. The first kappa shape index (κ1) is 12.5. The molecule has 0 unspecified atom stereocenters. The molecule has 0 saturated heterocycles. The van der Waals surface area contributed by atoms with E-state index in [4.69, 9.17) is 12.2 Å². The topological polar surface area (TPSA) is 63.9 Å². The van der Waals surface area contributed by atoms with Crippen LogP contribution in [0.3, 0.4) is 0 Å². The molecule has 100 valence electrons. The van der Waals surface area contributed by atoms with E-state index in [1.807, 2.05) is 18.2 Å². The second-order valence-electron chi connectivity index (χ2n) is 4.18. The SMILES string of the molecule is O=[N+]([O-])c1ccc(-n2c(=S)[nH]c3ccccc32)c(F)c1. The predicted molar refractivity (Wildman–Crippen MR) is 75.1 cm³/mol. The van der Waals surface area contributed by atoms with Crippen LogP contribution >= 0.6 is 12.2 Å². The van der Waals surface area contributed by atoms with Crippen LogP contribution in [0.1, 0.15) is 0 Å². The summed E-state index contributed by atoms with van der Waals surface area (Å²) >= 11 is 5.19. The summed E-state index contributed by atoms with van der Waals surface area (Å²) in [5, 5.41) is 10.6. The third-order valence-corrected chi connectivity index (χ3v) is 3.26. The lowest BCUT2D eigenvalue weighted by Gasteiger charge is -2.05. The van der Waals surface area contributed by atoms with Gasteiger partial charge in [-0.3, -0.25) is 14.7 Å². The molecule has 3 rings (SSSR count). The summed E-state index contributed by atoms with van der Waals surface area (Å²) in [5.41, 5.74) is 1.37. The average Bonchev–Trinajstić information content (AvgIpc) is 2.74. The molecule has 0 saturated carbocycles. The molecule has 20 heavy (non-hydrogen) atoms. The number of hydrogen-bond donors (Lipinski definition) is 1. The highest BCUT2D eigenvalue weighted by Crippen LogP contribution is 2.24. The maximum absolute atomic E-state index is 14.1. The van der Waals surface area contributed by atoms with Crippen LogP contribution in [0.15, 0.2) is 42.5 Å². The lowest BCUT2D eigenvalue weighted by atomic mass is 10.2. The van der Waals surface area contributed by atoms with E-state index in [9.17, 15) is 14.5 Å². The van der Waals surface area contributed by atoms with Gasteiger partial charge in [-0.2, -0.15) is 0 Å². The number of nitro benzene ring substituents is 1. The standard InChI is InChI=1S/C13H8FN3O2S/c14-9-7-8(17(18)19)5-6-11(9)16-12-4-2-1-3-10(12)15-13(16)20/h1-7H,(H,15,20). The minimum Gasteiger partial charge on any atom is -0.330 e. The normalized spacial score (nSPS) is 10.8. The minimum absolute atomic E-state index is 0.179. The first-order chi connectivity index (χ1) is 9.58. The molecule has 0 bridgehead atoms. The van der Waals surface area contributed by atoms with Crippen molar-refractivity contribution in [1.29, 1.82) is 0 Å². The van der Waals surface area contributed by atoms with Crippen LogP contribution in [0.5, 0.6) is 0 Å². The molecule has 1 aromatic heterocycles. The fourth-order valence-corrected chi connectivity index (χ4v) is 2.39. The largest absolute Gasteiger partial charge is 0.330 e. The number of H-pyrrole nitrogens is 1. The van der Waals surface area contributed by atoms with E-state index in [1.54, 1.807) is 6.07 Å². The maximum atomic E-state index is 14.1. The molecular weight excluding hydrogens is 281 g/mol. The molecular formula is C13H8FN3O2S. The molecule has 3 aromatic rings. The van der Waals surface area contributed by atoms with Crippen LogP contribution in [0, 0.1) is 20.7 Å². The van der Waals surface area contributed by atoms with Gasteiger partial charge < -0.3 is 4.98 Å². The molecule has 0 fully saturated rings. The predicted octanol–water partition coefficient (Wildman–Crippen LogP) is 3.74. The monoisotopic (exact) mass is 289 g/mol. The third kappa shape index (κ3) is 1.88. The Bertz CT molecular complexity index is 885. The Labute approximate surface area is 117 Å². The van der Waals surface area contributed by atoms with E-state index in [1.165, 1.54) is 16.7 Å². The highest BCUT2D eigenvalue weighted by atomic mass is 32.1. The van der Waals surface area contributed by atoms with Gasteiger partial charge in [0.15, 0.2) is 10.6 Å². The number of aromatic amines is 1. The third-order valence-electron chi connectivity index (χ3n) is 2.97. The number of fused-ring (bicyclic) bond motifs is 1. The zero-order chi connectivity index (χ0) is 14.3. The number of imidazole rings is 1. The van der Waals surface area contributed by atoms with Crippen LogP contribution in [0.25, 0.3) is 16.7 Å². The second kappa shape index (κ2) is 4.53. The van der Waals surface area contributed by atoms with Gasteiger partial charge in [-0.05, 0) is 30.4 Å². The number of nitro groups is 1. The number of aromatic nitrogens is 2. The van der Waals surface area contributed by atoms with Crippen molar-refractivity contribution >= 4 is 28.9 Å². The molecule has 7 heteroatoms. The van der Waals surface area contributed by atoms with Gasteiger partial charge in [0.1, 0.15) is 0 Å². The summed E-state index contributed by atoms with van der Waals surface area (Å²) in [6, 6.07) is 10.8. The maximum Gasteiger partial charge on any atom is 0.272 e. The lowest BCUT2D eigenvalue weighted by Crippen LogP contribution is -1.99. The highest BCUT2D eigenvalue weighted by Gasteiger charge is 2.14. The average molecular weight is 289 g/mol. The lowest BCUT2D eigenvalue weighted by molar-refractivity contribution is -0.385. The van der Waals surface area contributed by atoms with Crippen molar-refractivity contribution in [2.24, 2.45) is 0 Å². The van der Waals surface area contributed by atoms with Gasteiger partial charge in [-0.25, -0.2) is 4.39 Å². The molecule has 0 aliphatic rings. The van der Waals surface area contributed by atoms with E-state index in [0.717, 1.165) is 11.6 Å². The van der Waals surface area contributed by atoms with Gasteiger partial charge in [-0.1, -0.05) is 12.1 Å². The van der Waals surface area contributed by atoms with E-state index < -0.39 is 10.7 Å². The van der Waals surface area contributed by atoms with Crippen molar-refractivity contribution in [3.8, 4) is 5.69 Å². The van der Waals surface area contributed by atoms with Crippen molar-refractivity contribution in [3.05, 3.63) is 63.2 Å². The van der Waals surface area contributed by atoms with Crippen molar-refractivity contribution in [3.63, 3.8) is 0 Å². The number of benzene rings is 2. The Morgan fingerprint density at radius 2 is 2.00 bits per heavy atom. The van der Waals surface area contributed by atoms with E-state index in [-0.39, 0.29) is 11.4 Å². The molecule has 1 heterocycles. The van der Waals surface area contributed by atoms with Crippen LogP contribution in [-0.4, -0.2) is 14.5 Å². The number of nitrogens with one attached hydrogen (secondary N) is 1. The quantitative estimate of drug-likeness (QED) is 0.444. The fraction of sp³-hybridized carbons (Fsp3) is 0. The fourth-order valence-electron chi connectivity index (χ4n) is 2.08. The van der Waals surface area contributed by atoms with Gasteiger partial charge in [-0.15, -0.1) is 0 Å². The Kier molecular flexibility index (Phi) is 2.83. The summed E-state index contributed by atoms with van der Waals surface area (Å²) in [6.07, 6.45) is 0. The first-order valence-electron chi connectivity index (χ1n) is 5.72. The van der Waals surface area contributed by atoms with Crippen LogP contribution in [0.4, 0.5) is 10.1 Å². The number of non-ortho nitro benzene ring substituents is 1. The second-order valence-corrected chi connectivity index (χ2v) is 4.56. The summed E-state index contributed by atoms with van der Waals surface area (Å²) in [6.45, 7) is 0. The summed E-state index contributed by atoms with van der Waals surface area (Å²) < 4.78 is 15.9. The van der Waals surface area contributed by atoms with Crippen molar-refractivity contribution in [2.45, 2.75) is 0 Å². The number of hydrogen-bond acceptors (Lipinski definition) is 3. The van der Waals surface area contributed by atoms with Gasteiger partial charge in [0.2, 0.25) is 0 Å². The zero-order valence-electron chi connectivity index (χ0n) is 10.0. The summed E-state index contributed by atoms with van der Waals surface area (Å²) in [7, 11) is 0. The van der Waals surface area contributed by atoms with E-state index >= 15 is 0 Å². The minimum atomic E-state index is -0.694. The molecule has 0 aliphatic heterocycles. The molecule has 5 nitrogen and oxygen atoms in total. The van der Waals surface area contributed by atoms with Gasteiger partial charge in [0.25, 0.3) is 5.69 Å². The zero-order valence-corrected chi connectivity index (χ0v) is 10.9. The number of nitrogens with zero attached hydrogens (tertiary/aromatic N) is 2. The molecule has 2 aromatic carbocycles. The first-order valence-corrected chi connectivity index (χ1v) is 6.13. The number of rotatable bonds is 2. The Morgan fingerprint density at radius 1 is 1.25 bits per heavy atom. The smallest absolute Gasteiger partial charge is 0.272 e. The van der Waals surface area contributed by atoms with Crippen LogP contribution in [0.2, 0.25) is 0 Å². The summed E-state index contributed by atoms with van der Waals surface area (Å²) in [4.78, 5) is 13.0. The molecule has 0 spiro atoms. The van der Waals surface area contributed by atoms with Gasteiger partial charge in [0, 0.05) is 6.07 Å². The van der Waals surface area contributed by atoms with E-state index in [2.05, 4.69) is 4.98 Å². The summed E-state index contributed by atoms with van der Waals surface area (Å²) in [5.74, 6) is -0.694. The van der Waals surface area contributed by atoms with Crippen molar-refractivity contribution in [2.75, 3.05) is 0 Å². The number of para-hydroxylation sites is 2. The Morgan fingerprint density at radius 3 is 2.70 bits per heavy atom. The Hall–Kier alpha value is -2.54. The Balaban J connectivity index is 2.29. The molecule has 0 aliphatic carbocycles. The van der Waals surface area contributed by atoms with Crippen molar-refractivity contribution < 1.29 is 9.31 Å². The highest BCUT2D eigenvalue weighted by molar-refractivity contribution is 7.71. The van der Waals surface area contributed by atoms with Crippen molar-refractivity contribution in [1.82, 2.24) is 9.55 Å². The van der Waals surface area contributed by atoms with Gasteiger partial charge in [0.05, 0.1) is 27.7 Å². The molecule has 0 atom stereocenters. The number of halogens is 1.